The molecule has 26 heavy (non-hydrogen) atoms. The molecule has 0 aliphatic rings. The minimum atomic E-state index is -0.101. The van der Waals surface area contributed by atoms with Crippen molar-refractivity contribution in [2.24, 2.45) is 0 Å². The van der Waals surface area contributed by atoms with Crippen LogP contribution in [0.15, 0.2) is 40.8 Å². The van der Waals surface area contributed by atoms with E-state index in [1.54, 1.807) is 22.8 Å². The summed E-state index contributed by atoms with van der Waals surface area (Å²) in [6.45, 7) is 9.76. The van der Waals surface area contributed by atoms with Gasteiger partial charge >= 0.3 is 0 Å². The molecular formula is C21H28N2O3. The number of aryl methyl sites for hydroxylation is 2. The molecule has 0 atom stereocenters. The van der Waals surface area contributed by atoms with Gasteiger partial charge in [0.25, 0.3) is 5.91 Å². The number of hydrogen-bond donors (Lipinski definition) is 0. The summed E-state index contributed by atoms with van der Waals surface area (Å²) in [7, 11) is 0. The maximum Gasteiger partial charge on any atom is 0.257 e. The molecule has 0 aliphatic carbocycles. The Kier molecular flexibility index (Phi) is 7.01. The second-order valence-corrected chi connectivity index (χ2v) is 6.36. The van der Waals surface area contributed by atoms with Gasteiger partial charge in [-0.1, -0.05) is 30.3 Å². The highest BCUT2D eigenvalue weighted by molar-refractivity contribution is 5.95. The minimum absolute atomic E-state index is 0.0703. The molecular weight excluding hydrogens is 328 g/mol. The van der Waals surface area contributed by atoms with Crippen LogP contribution in [0.4, 0.5) is 0 Å². The van der Waals surface area contributed by atoms with Crippen molar-refractivity contribution in [3.8, 4) is 0 Å². The van der Waals surface area contributed by atoms with Crippen molar-refractivity contribution in [2.45, 2.75) is 40.7 Å². The monoisotopic (exact) mass is 356 g/mol. The normalized spacial score (nSPS) is 10.6. The van der Waals surface area contributed by atoms with Crippen LogP contribution in [0.5, 0.6) is 0 Å². The van der Waals surface area contributed by atoms with E-state index in [4.69, 9.17) is 4.42 Å². The van der Waals surface area contributed by atoms with Gasteiger partial charge in [0, 0.05) is 32.6 Å². The first-order chi connectivity index (χ1) is 12.5. The van der Waals surface area contributed by atoms with Crippen LogP contribution in [0.25, 0.3) is 0 Å². The molecule has 0 radical (unpaired) electrons. The lowest BCUT2D eigenvalue weighted by Crippen LogP contribution is -2.37. The summed E-state index contributed by atoms with van der Waals surface area (Å²) in [5, 5.41) is 0. The van der Waals surface area contributed by atoms with Gasteiger partial charge in [-0.25, -0.2) is 0 Å². The van der Waals surface area contributed by atoms with Crippen LogP contribution in [-0.4, -0.2) is 41.2 Å². The fraction of sp³-hybridized carbons (Fsp3) is 0.429. The molecule has 5 nitrogen and oxygen atoms in total. The maximum atomic E-state index is 13.0. The molecule has 2 aromatic rings. The van der Waals surface area contributed by atoms with Gasteiger partial charge in [-0.05, 0) is 39.3 Å². The third kappa shape index (κ3) is 4.97. The largest absolute Gasteiger partial charge is 0.466 e. The Morgan fingerprint density at radius 3 is 2.19 bits per heavy atom. The molecule has 0 fully saturated rings. The van der Waals surface area contributed by atoms with Crippen molar-refractivity contribution in [3.63, 3.8) is 0 Å². The summed E-state index contributed by atoms with van der Waals surface area (Å²) in [6.07, 6.45) is 0.316. The average Bonchev–Trinajstić information content (AvgIpc) is 2.98. The highest BCUT2D eigenvalue weighted by Crippen LogP contribution is 2.18. The van der Waals surface area contributed by atoms with Gasteiger partial charge in [0.05, 0.1) is 5.56 Å². The van der Waals surface area contributed by atoms with E-state index >= 15 is 0 Å². The Labute approximate surface area is 155 Å². The van der Waals surface area contributed by atoms with E-state index in [0.717, 1.165) is 5.56 Å². The molecule has 0 unspecified atom stereocenters. The number of carbonyl (C=O) groups excluding carboxylic acids is 2. The number of hydrogen-bond acceptors (Lipinski definition) is 3. The molecule has 1 aromatic heterocycles. The predicted octanol–water partition coefficient (Wildman–Crippen LogP) is 3.80. The fourth-order valence-electron chi connectivity index (χ4n) is 3.03. The molecule has 1 heterocycles. The quantitative estimate of drug-likeness (QED) is 0.723. The van der Waals surface area contributed by atoms with Crippen LogP contribution in [0.2, 0.25) is 0 Å². The summed E-state index contributed by atoms with van der Waals surface area (Å²) in [4.78, 5) is 28.9. The highest BCUT2D eigenvalue weighted by Gasteiger charge is 2.22. The van der Waals surface area contributed by atoms with Crippen LogP contribution in [-0.2, 0) is 11.3 Å². The zero-order chi connectivity index (χ0) is 19.1. The summed E-state index contributed by atoms with van der Waals surface area (Å²) in [5.74, 6) is 1.29. The Morgan fingerprint density at radius 2 is 1.65 bits per heavy atom. The van der Waals surface area contributed by atoms with E-state index in [9.17, 15) is 9.59 Å². The van der Waals surface area contributed by atoms with Gasteiger partial charge in [0.1, 0.15) is 11.5 Å². The molecule has 0 bridgehead atoms. The third-order valence-corrected chi connectivity index (χ3v) is 4.49. The fourth-order valence-corrected chi connectivity index (χ4v) is 3.03. The van der Waals surface area contributed by atoms with Gasteiger partial charge in [-0.15, -0.1) is 0 Å². The molecule has 0 aliphatic heterocycles. The highest BCUT2D eigenvalue weighted by atomic mass is 16.3. The second-order valence-electron chi connectivity index (χ2n) is 6.36. The summed E-state index contributed by atoms with van der Waals surface area (Å²) in [5.41, 5.74) is 1.60. The number of benzene rings is 1. The number of amides is 2. The van der Waals surface area contributed by atoms with E-state index in [1.807, 2.05) is 51.1 Å². The topological polar surface area (TPSA) is 53.8 Å². The predicted molar refractivity (Wildman–Crippen MR) is 102 cm³/mol. The zero-order valence-electron chi connectivity index (χ0n) is 16.1. The van der Waals surface area contributed by atoms with Crippen molar-refractivity contribution in [3.05, 3.63) is 59.0 Å². The lowest BCUT2D eigenvalue weighted by molar-refractivity contribution is -0.131. The van der Waals surface area contributed by atoms with Crippen molar-refractivity contribution in [2.75, 3.05) is 19.6 Å². The van der Waals surface area contributed by atoms with Gasteiger partial charge < -0.3 is 14.2 Å². The van der Waals surface area contributed by atoms with Gasteiger partial charge in [-0.2, -0.15) is 0 Å². The van der Waals surface area contributed by atoms with E-state index in [0.29, 0.717) is 49.7 Å². The molecule has 0 N–H and O–H groups in total. The van der Waals surface area contributed by atoms with Crippen LogP contribution >= 0.6 is 0 Å². The molecule has 0 saturated heterocycles. The maximum absolute atomic E-state index is 13.0. The molecule has 0 spiro atoms. The number of nitrogens with zero attached hydrogens (tertiary/aromatic N) is 2. The number of furan rings is 1. The van der Waals surface area contributed by atoms with E-state index < -0.39 is 0 Å². The van der Waals surface area contributed by atoms with Gasteiger partial charge in [0.2, 0.25) is 5.91 Å². The Balaban J connectivity index is 2.17. The van der Waals surface area contributed by atoms with E-state index in [2.05, 4.69) is 0 Å². The lowest BCUT2D eigenvalue weighted by Gasteiger charge is -2.25. The molecule has 140 valence electrons. The first-order valence-electron chi connectivity index (χ1n) is 9.14. The van der Waals surface area contributed by atoms with Crippen LogP contribution in [0, 0.1) is 13.8 Å². The number of carbonyl (C=O) groups is 2. The number of rotatable bonds is 8. The standard InChI is InChI=1S/C21H28N2O3/c1-5-22(6-2)20(24)12-13-23(15-18-10-8-7-9-11-18)21(25)19-14-16(3)26-17(19)4/h7-11,14H,5-6,12-13,15H2,1-4H3. The van der Waals surface area contributed by atoms with Crippen LogP contribution in [0.3, 0.4) is 0 Å². The average molecular weight is 356 g/mol. The minimum Gasteiger partial charge on any atom is -0.466 e. The van der Waals surface area contributed by atoms with Crippen molar-refractivity contribution in [1.82, 2.24) is 9.80 Å². The molecule has 0 saturated carbocycles. The van der Waals surface area contributed by atoms with Crippen LogP contribution in [0.1, 0.15) is 47.7 Å². The lowest BCUT2D eigenvalue weighted by atomic mass is 10.1. The zero-order valence-corrected chi connectivity index (χ0v) is 16.1. The Bertz CT molecular complexity index is 733. The van der Waals surface area contributed by atoms with E-state index in [1.165, 1.54) is 0 Å². The Hall–Kier alpha value is -2.56. The van der Waals surface area contributed by atoms with Gasteiger partial charge in [-0.3, -0.25) is 9.59 Å². The molecule has 2 rings (SSSR count). The summed E-state index contributed by atoms with van der Waals surface area (Å²) < 4.78 is 5.51. The summed E-state index contributed by atoms with van der Waals surface area (Å²) in [6, 6.07) is 11.6. The SMILES string of the molecule is CCN(CC)C(=O)CCN(Cc1ccccc1)C(=O)c1cc(C)oc1C. The van der Waals surface area contributed by atoms with Gasteiger partial charge in [0.15, 0.2) is 0 Å². The van der Waals surface area contributed by atoms with Crippen molar-refractivity contribution >= 4 is 11.8 Å². The smallest absolute Gasteiger partial charge is 0.257 e. The third-order valence-electron chi connectivity index (χ3n) is 4.49. The molecule has 5 heteroatoms. The molecule has 2 amide bonds. The first kappa shape index (κ1) is 19.8. The van der Waals surface area contributed by atoms with Crippen molar-refractivity contribution in [1.29, 1.82) is 0 Å². The van der Waals surface area contributed by atoms with Crippen molar-refractivity contribution < 1.29 is 14.0 Å². The second kappa shape index (κ2) is 9.22. The van der Waals surface area contributed by atoms with E-state index in [-0.39, 0.29) is 11.8 Å². The molecule has 1 aromatic carbocycles. The first-order valence-corrected chi connectivity index (χ1v) is 9.14. The van der Waals surface area contributed by atoms with Crippen LogP contribution < -0.4 is 0 Å². The Morgan fingerprint density at radius 1 is 1.00 bits per heavy atom. The summed E-state index contributed by atoms with van der Waals surface area (Å²) >= 11 is 0.